The predicted molar refractivity (Wildman–Crippen MR) is 121 cm³/mol. The van der Waals surface area contributed by atoms with Crippen LogP contribution in [-0.4, -0.2) is 61.5 Å². The van der Waals surface area contributed by atoms with E-state index in [1.165, 1.54) is 12.1 Å². The van der Waals surface area contributed by atoms with Crippen LogP contribution in [0.15, 0.2) is 42.5 Å². The van der Waals surface area contributed by atoms with Crippen molar-refractivity contribution in [3.8, 4) is 11.5 Å². The van der Waals surface area contributed by atoms with Gasteiger partial charge in [-0.25, -0.2) is 4.39 Å². The first-order valence-electron chi connectivity index (χ1n) is 11.1. The van der Waals surface area contributed by atoms with Gasteiger partial charge in [-0.15, -0.1) is 0 Å². The van der Waals surface area contributed by atoms with E-state index in [4.69, 9.17) is 9.47 Å². The fourth-order valence-corrected chi connectivity index (χ4v) is 4.90. The van der Waals surface area contributed by atoms with Gasteiger partial charge in [-0.3, -0.25) is 9.59 Å². The third-order valence-electron chi connectivity index (χ3n) is 6.83. The average Bonchev–Trinajstić information content (AvgIpc) is 2.82. The van der Waals surface area contributed by atoms with Crippen LogP contribution in [0.5, 0.6) is 11.5 Å². The number of methoxy groups -OCH3 is 2. The van der Waals surface area contributed by atoms with E-state index < -0.39 is 5.54 Å². The normalized spacial score (nSPS) is 20.2. The molecule has 7 nitrogen and oxygen atoms in total. The molecule has 4 rings (SSSR count). The summed E-state index contributed by atoms with van der Waals surface area (Å²) in [6.45, 7) is 1.66. The van der Waals surface area contributed by atoms with Crippen LogP contribution in [0.25, 0.3) is 0 Å². The molecule has 0 bridgehead atoms. The van der Waals surface area contributed by atoms with Gasteiger partial charge in [0.2, 0.25) is 11.8 Å². The second-order valence-corrected chi connectivity index (χ2v) is 8.71. The van der Waals surface area contributed by atoms with E-state index in [1.807, 2.05) is 19.2 Å². The van der Waals surface area contributed by atoms with Crippen LogP contribution in [0.1, 0.15) is 36.4 Å². The Balaban J connectivity index is 1.60. The highest BCUT2D eigenvalue weighted by Gasteiger charge is 2.55. The molecule has 0 aromatic heterocycles. The molecule has 2 aliphatic heterocycles. The Bertz CT molecular complexity index is 1020. The monoisotopic (exact) mass is 455 g/mol. The number of carbonyl (C=O) groups is 2. The van der Waals surface area contributed by atoms with Crippen molar-refractivity contribution in [3.05, 3.63) is 59.4 Å². The van der Waals surface area contributed by atoms with Crippen LogP contribution < -0.4 is 14.8 Å². The Kier molecular flexibility index (Phi) is 6.56. The lowest BCUT2D eigenvalue weighted by Crippen LogP contribution is -2.68. The minimum Gasteiger partial charge on any atom is -0.493 e. The molecule has 1 atom stereocenters. The number of nitrogens with one attached hydrogen (secondary N) is 1. The van der Waals surface area contributed by atoms with Gasteiger partial charge in [0.25, 0.3) is 0 Å². The summed E-state index contributed by atoms with van der Waals surface area (Å²) < 4.78 is 24.3. The molecular formula is C25H30FN3O4. The maximum atomic E-state index is 13.7. The molecular weight excluding hydrogens is 425 g/mol. The van der Waals surface area contributed by atoms with Gasteiger partial charge in [0.1, 0.15) is 11.4 Å². The zero-order valence-corrected chi connectivity index (χ0v) is 19.3. The second kappa shape index (κ2) is 9.39. The lowest BCUT2D eigenvalue weighted by atomic mass is 9.78. The molecule has 176 valence electrons. The molecule has 8 heteroatoms. The third kappa shape index (κ3) is 4.27. The number of rotatable bonds is 7. The largest absolute Gasteiger partial charge is 0.493 e. The van der Waals surface area contributed by atoms with E-state index in [0.29, 0.717) is 43.9 Å². The number of carbonyl (C=O) groups excluding carboxylic acids is 2. The Labute approximate surface area is 193 Å². The molecule has 2 fully saturated rings. The third-order valence-corrected chi connectivity index (χ3v) is 6.83. The van der Waals surface area contributed by atoms with Gasteiger partial charge in [0, 0.05) is 25.2 Å². The second-order valence-electron chi connectivity index (χ2n) is 8.71. The highest BCUT2D eigenvalue weighted by atomic mass is 19.1. The zero-order chi connectivity index (χ0) is 23.6. The molecule has 0 radical (unpaired) electrons. The lowest BCUT2D eigenvalue weighted by molar-refractivity contribution is -0.169. The topological polar surface area (TPSA) is 71.1 Å². The number of para-hydroxylation sites is 1. The maximum Gasteiger partial charge on any atom is 0.246 e. The molecule has 2 heterocycles. The van der Waals surface area contributed by atoms with Crippen LogP contribution >= 0.6 is 0 Å². The predicted octanol–water partition coefficient (Wildman–Crippen LogP) is 2.90. The average molecular weight is 456 g/mol. The van der Waals surface area contributed by atoms with Crippen molar-refractivity contribution in [1.29, 1.82) is 0 Å². The fourth-order valence-electron chi connectivity index (χ4n) is 4.90. The fraction of sp³-hybridized carbons (Fsp3) is 0.440. The Hall–Kier alpha value is -3.13. The summed E-state index contributed by atoms with van der Waals surface area (Å²) in [6, 6.07) is 11.5. The van der Waals surface area contributed by atoms with E-state index >= 15 is 0 Å². The van der Waals surface area contributed by atoms with Crippen LogP contribution in [0.2, 0.25) is 0 Å². The number of nitrogens with zero attached hydrogens (tertiary/aromatic N) is 2. The van der Waals surface area contributed by atoms with Crippen LogP contribution in [0.4, 0.5) is 4.39 Å². The number of hydrogen-bond donors (Lipinski definition) is 1. The Morgan fingerprint density at radius 3 is 2.42 bits per heavy atom. The van der Waals surface area contributed by atoms with E-state index in [1.54, 1.807) is 37.3 Å². The van der Waals surface area contributed by atoms with E-state index in [9.17, 15) is 14.0 Å². The van der Waals surface area contributed by atoms with Crippen LogP contribution in [-0.2, 0) is 16.1 Å². The first-order chi connectivity index (χ1) is 15.9. The molecule has 0 spiro atoms. The number of halogens is 1. The summed E-state index contributed by atoms with van der Waals surface area (Å²) in [5.41, 5.74) is 0.683. The minimum atomic E-state index is -0.951. The van der Waals surface area contributed by atoms with Crippen molar-refractivity contribution in [2.24, 2.45) is 0 Å². The van der Waals surface area contributed by atoms with Crippen molar-refractivity contribution in [3.63, 3.8) is 0 Å². The number of β-lactam (4-membered cyclic amide) rings is 1. The first kappa shape index (κ1) is 23.0. The Morgan fingerprint density at radius 2 is 1.82 bits per heavy atom. The molecule has 2 aromatic carbocycles. The number of amides is 2. The number of piperidine rings is 1. The zero-order valence-electron chi connectivity index (χ0n) is 19.3. The van der Waals surface area contributed by atoms with Crippen molar-refractivity contribution in [2.45, 2.75) is 37.4 Å². The summed E-state index contributed by atoms with van der Waals surface area (Å²) in [6.07, 6.45) is 1.39. The SMILES string of the molecule is COc1cccc(CNC(=O)C2(N3C(=O)CC3c3ccc(F)cc3)CCN(C)CC2)c1OC. The van der Waals surface area contributed by atoms with Gasteiger partial charge in [0.15, 0.2) is 11.5 Å². The van der Waals surface area contributed by atoms with Gasteiger partial charge >= 0.3 is 0 Å². The van der Waals surface area contributed by atoms with Gasteiger partial charge in [-0.1, -0.05) is 24.3 Å². The van der Waals surface area contributed by atoms with Crippen molar-refractivity contribution in [1.82, 2.24) is 15.1 Å². The van der Waals surface area contributed by atoms with Gasteiger partial charge in [-0.2, -0.15) is 0 Å². The number of hydrogen-bond acceptors (Lipinski definition) is 5. The van der Waals surface area contributed by atoms with Crippen LogP contribution in [0.3, 0.4) is 0 Å². The summed E-state index contributed by atoms with van der Waals surface area (Å²) in [7, 11) is 5.14. The van der Waals surface area contributed by atoms with Gasteiger partial charge in [-0.05, 0) is 43.7 Å². The molecule has 2 saturated heterocycles. The summed E-state index contributed by atoms with van der Waals surface area (Å²) in [4.78, 5) is 30.4. The molecule has 2 amide bonds. The van der Waals surface area contributed by atoms with Crippen molar-refractivity contribution < 1.29 is 23.5 Å². The maximum absolute atomic E-state index is 13.7. The molecule has 2 aliphatic rings. The standard InChI is InChI=1S/C25H30FN3O4/c1-28-13-11-25(12-14-28,29-20(15-22(29)30)17-7-9-19(26)10-8-17)24(31)27-16-18-5-4-6-21(32-2)23(18)33-3/h4-10,20H,11-16H2,1-3H3,(H,27,31). The molecule has 33 heavy (non-hydrogen) atoms. The highest BCUT2D eigenvalue weighted by Crippen LogP contribution is 2.44. The number of likely N-dealkylation sites (tertiary alicyclic amines) is 2. The summed E-state index contributed by atoms with van der Waals surface area (Å²) >= 11 is 0. The summed E-state index contributed by atoms with van der Waals surface area (Å²) in [5, 5.41) is 3.05. The first-order valence-corrected chi connectivity index (χ1v) is 11.1. The number of benzene rings is 2. The molecule has 1 unspecified atom stereocenters. The van der Waals surface area contributed by atoms with Gasteiger partial charge in [0.05, 0.1) is 26.7 Å². The molecule has 0 aliphatic carbocycles. The smallest absolute Gasteiger partial charge is 0.246 e. The highest BCUT2D eigenvalue weighted by molar-refractivity contribution is 5.95. The molecule has 2 aromatic rings. The van der Waals surface area contributed by atoms with Crippen molar-refractivity contribution >= 4 is 11.8 Å². The van der Waals surface area contributed by atoms with Crippen LogP contribution in [0, 0.1) is 5.82 Å². The lowest BCUT2D eigenvalue weighted by Gasteiger charge is -2.55. The van der Waals surface area contributed by atoms with Crippen molar-refractivity contribution in [2.75, 3.05) is 34.4 Å². The number of ether oxygens (including phenoxy) is 2. The summed E-state index contributed by atoms with van der Waals surface area (Å²) in [5.74, 6) is 0.605. The van der Waals surface area contributed by atoms with E-state index in [2.05, 4.69) is 10.2 Å². The minimum absolute atomic E-state index is 0.0528. The Morgan fingerprint density at radius 1 is 1.12 bits per heavy atom. The van der Waals surface area contributed by atoms with E-state index in [-0.39, 0.29) is 30.2 Å². The van der Waals surface area contributed by atoms with Gasteiger partial charge < -0.3 is 24.6 Å². The molecule has 0 saturated carbocycles. The quantitative estimate of drug-likeness (QED) is 0.650. The van der Waals surface area contributed by atoms with E-state index in [0.717, 1.165) is 11.1 Å². The molecule has 1 N–H and O–H groups in total.